The number of para-hydroxylation sites is 1. The normalized spacial score (nSPS) is 17.9. The van der Waals surface area contributed by atoms with Crippen LogP contribution in [0.1, 0.15) is 38.2 Å². The summed E-state index contributed by atoms with van der Waals surface area (Å²) in [6.07, 6.45) is 3.44. The second kappa shape index (κ2) is 6.27. The first-order chi connectivity index (χ1) is 9.67. The number of methoxy groups -OCH3 is 1. The third-order valence-electron chi connectivity index (χ3n) is 4.31. The molecule has 1 saturated carbocycles. The molecule has 0 heterocycles. The molecule has 1 unspecified atom stereocenters. The van der Waals surface area contributed by atoms with Crippen LogP contribution in [0.5, 0.6) is 5.75 Å². The minimum atomic E-state index is -0.491. The number of carbonyl (C=O) groups excluding carboxylic acids is 1. The van der Waals surface area contributed by atoms with E-state index in [0.717, 1.165) is 37.0 Å². The fraction of sp³-hybridized carbons (Fsp3) is 0.562. The van der Waals surface area contributed by atoms with E-state index in [1.807, 2.05) is 31.2 Å². The zero-order chi connectivity index (χ0) is 14.6. The number of hydrogen-bond donors (Lipinski definition) is 2. The highest BCUT2D eigenvalue weighted by molar-refractivity contribution is 5.90. The predicted octanol–water partition coefficient (Wildman–Crippen LogP) is 2.00. The number of benzene rings is 1. The maximum atomic E-state index is 12.7. The minimum absolute atomic E-state index is 0.00847. The van der Waals surface area contributed by atoms with E-state index in [0.29, 0.717) is 0 Å². The molecule has 20 heavy (non-hydrogen) atoms. The van der Waals surface area contributed by atoms with Gasteiger partial charge < -0.3 is 15.2 Å². The minimum Gasteiger partial charge on any atom is -0.496 e. The maximum Gasteiger partial charge on any atom is 0.231 e. The summed E-state index contributed by atoms with van der Waals surface area (Å²) in [6, 6.07) is 7.54. The van der Waals surface area contributed by atoms with Gasteiger partial charge in [0.15, 0.2) is 0 Å². The van der Waals surface area contributed by atoms with Gasteiger partial charge in [0.2, 0.25) is 5.91 Å². The van der Waals surface area contributed by atoms with Gasteiger partial charge in [0.05, 0.1) is 25.2 Å². The van der Waals surface area contributed by atoms with Gasteiger partial charge in [-0.15, -0.1) is 0 Å². The largest absolute Gasteiger partial charge is 0.496 e. The molecular formula is C16H23NO3. The highest BCUT2D eigenvalue weighted by Gasteiger charge is 2.47. The van der Waals surface area contributed by atoms with Crippen molar-refractivity contribution in [3.8, 4) is 5.75 Å². The molecular weight excluding hydrogens is 254 g/mol. The number of hydrogen-bond acceptors (Lipinski definition) is 3. The van der Waals surface area contributed by atoms with Crippen LogP contribution in [-0.2, 0) is 10.2 Å². The summed E-state index contributed by atoms with van der Waals surface area (Å²) in [4.78, 5) is 12.7. The zero-order valence-electron chi connectivity index (χ0n) is 12.2. The van der Waals surface area contributed by atoms with Crippen LogP contribution in [0.4, 0.5) is 0 Å². The molecule has 1 aliphatic rings. The standard InChI is InChI=1S/C16H23NO3/c1-3-12(11-18)17-15(19)16(9-6-10-16)13-7-4-5-8-14(13)20-2/h4-5,7-8,12,18H,3,6,9-11H2,1-2H3,(H,17,19). The van der Waals surface area contributed by atoms with Crippen LogP contribution in [0.25, 0.3) is 0 Å². The molecule has 110 valence electrons. The van der Waals surface area contributed by atoms with Crippen LogP contribution < -0.4 is 10.1 Å². The summed E-state index contributed by atoms with van der Waals surface area (Å²) >= 11 is 0. The molecule has 1 fully saturated rings. The smallest absolute Gasteiger partial charge is 0.231 e. The first kappa shape index (κ1) is 14.9. The summed E-state index contributed by atoms with van der Waals surface area (Å²) in [5.74, 6) is 0.772. The number of amides is 1. The number of aliphatic hydroxyl groups excluding tert-OH is 1. The van der Waals surface area contributed by atoms with Gasteiger partial charge in [-0.1, -0.05) is 31.5 Å². The van der Waals surface area contributed by atoms with Crippen molar-refractivity contribution in [3.05, 3.63) is 29.8 Å². The summed E-state index contributed by atoms with van der Waals surface area (Å²) in [6.45, 7) is 1.93. The van der Waals surface area contributed by atoms with E-state index >= 15 is 0 Å². The Morgan fingerprint density at radius 2 is 2.15 bits per heavy atom. The topological polar surface area (TPSA) is 58.6 Å². The van der Waals surface area contributed by atoms with E-state index in [4.69, 9.17) is 4.74 Å². The van der Waals surface area contributed by atoms with E-state index in [1.54, 1.807) is 7.11 Å². The lowest BCUT2D eigenvalue weighted by atomic mass is 9.63. The molecule has 0 spiro atoms. The molecule has 0 radical (unpaired) electrons. The van der Waals surface area contributed by atoms with Crippen LogP contribution in [0.15, 0.2) is 24.3 Å². The number of carbonyl (C=O) groups is 1. The van der Waals surface area contributed by atoms with Gasteiger partial charge in [0.25, 0.3) is 0 Å². The molecule has 0 aliphatic heterocycles. The molecule has 0 saturated heterocycles. The Kier molecular flexibility index (Phi) is 4.65. The van der Waals surface area contributed by atoms with Gasteiger partial charge in [-0.05, 0) is 25.3 Å². The molecule has 0 bridgehead atoms. The lowest BCUT2D eigenvalue weighted by molar-refractivity contribution is -0.131. The fourth-order valence-corrected chi connectivity index (χ4v) is 2.79. The Morgan fingerprint density at radius 1 is 1.45 bits per heavy atom. The fourth-order valence-electron chi connectivity index (χ4n) is 2.79. The van der Waals surface area contributed by atoms with E-state index in [-0.39, 0.29) is 18.6 Å². The van der Waals surface area contributed by atoms with Crippen LogP contribution in [0.2, 0.25) is 0 Å². The molecule has 1 aromatic rings. The summed E-state index contributed by atoms with van der Waals surface area (Å²) in [7, 11) is 1.63. The third-order valence-corrected chi connectivity index (χ3v) is 4.31. The van der Waals surface area contributed by atoms with Crippen LogP contribution >= 0.6 is 0 Å². The second-order valence-corrected chi connectivity index (χ2v) is 5.40. The van der Waals surface area contributed by atoms with Crippen molar-refractivity contribution in [2.24, 2.45) is 0 Å². The Morgan fingerprint density at radius 3 is 2.65 bits per heavy atom. The molecule has 1 aromatic carbocycles. The summed E-state index contributed by atoms with van der Waals surface area (Å²) in [5.41, 5.74) is 0.467. The Labute approximate surface area is 120 Å². The summed E-state index contributed by atoms with van der Waals surface area (Å²) < 4.78 is 5.41. The SMILES string of the molecule is CCC(CO)NC(=O)C1(c2ccccc2OC)CCC1. The first-order valence-corrected chi connectivity index (χ1v) is 7.23. The van der Waals surface area contributed by atoms with Crippen molar-refractivity contribution in [2.75, 3.05) is 13.7 Å². The van der Waals surface area contributed by atoms with Gasteiger partial charge in [0, 0.05) is 5.56 Å². The maximum absolute atomic E-state index is 12.7. The highest BCUT2D eigenvalue weighted by Crippen LogP contribution is 2.47. The molecule has 4 nitrogen and oxygen atoms in total. The lowest BCUT2D eigenvalue weighted by Gasteiger charge is -2.42. The van der Waals surface area contributed by atoms with Crippen LogP contribution in [0.3, 0.4) is 0 Å². The molecule has 1 atom stereocenters. The van der Waals surface area contributed by atoms with Gasteiger partial charge >= 0.3 is 0 Å². The number of rotatable bonds is 6. The van der Waals surface area contributed by atoms with Crippen molar-refractivity contribution in [3.63, 3.8) is 0 Å². The van der Waals surface area contributed by atoms with Gasteiger partial charge in [-0.2, -0.15) is 0 Å². The first-order valence-electron chi connectivity index (χ1n) is 7.23. The Hall–Kier alpha value is -1.55. The molecule has 2 rings (SSSR count). The zero-order valence-corrected chi connectivity index (χ0v) is 12.2. The highest BCUT2D eigenvalue weighted by atomic mass is 16.5. The van der Waals surface area contributed by atoms with Crippen LogP contribution in [-0.4, -0.2) is 30.8 Å². The Balaban J connectivity index is 2.27. The van der Waals surface area contributed by atoms with Crippen molar-refractivity contribution in [2.45, 2.75) is 44.1 Å². The van der Waals surface area contributed by atoms with Crippen molar-refractivity contribution in [1.29, 1.82) is 0 Å². The van der Waals surface area contributed by atoms with E-state index < -0.39 is 5.41 Å². The average Bonchev–Trinajstić information content (AvgIpc) is 2.44. The van der Waals surface area contributed by atoms with Crippen molar-refractivity contribution < 1.29 is 14.6 Å². The molecule has 1 amide bonds. The van der Waals surface area contributed by atoms with Gasteiger partial charge in [-0.3, -0.25) is 4.79 Å². The van der Waals surface area contributed by atoms with Crippen molar-refractivity contribution >= 4 is 5.91 Å². The predicted molar refractivity (Wildman–Crippen MR) is 77.8 cm³/mol. The van der Waals surface area contributed by atoms with Gasteiger partial charge in [-0.25, -0.2) is 0 Å². The van der Waals surface area contributed by atoms with Crippen molar-refractivity contribution in [1.82, 2.24) is 5.32 Å². The third kappa shape index (κ3) is 2.52. The molecule has 0 aromatic heterocycles. The molecule has 1 aliphatic carbocycles. The quantitative estimate of drug-likeness (QED) is 0.836. The number of ether oxygens (including phenoxy) is 1. The monoisotopic (exact) mass is 277 g/mol. The number of aliphatic hydroxyl groups is 1. The van der Waals surface area contributed by atoms with E-state index in [9.17, 15) is 9.90 Å². The van der Waals surface area contributed by atoms with Crippen LogP contribution in [0, 0.1) is 0 Å². The second-order valence-electron chi connectivity index (χ2n) is 5.40. The van der Waals surface area contributed by atoms with Gasteiger partial charge in [0.1, 0.15) is 5.75 Å². The lowest BCUT2D eigenvalue weighted by Crippen LogP contribution is -2.52. The molecule has 4 heteroatoms. The number of nitrogens with one attached hydrogen (secondary N) is 1. The van der Waals surface area contributed by atoms with E-state index in [1.165, 1.54) is 0 Å². The summed E-state index contributed by atoms with van der Waals surface area (Å²) in [5, 5.41) is 12.2. The average molecular weight is 277 g/mol. The molecule has 2 N–H and O–H groups in total. The van der Waals surface area contributed by atoms with E-state index in [2.05, 4.69) is 5.32 Å². The Bertz CT molecular complexity index is 465.